The third-order valence-electron chi connectivity index (χ3n) is 3.94. The number of hydrogen-bond donors (Lipinski definition) is 1. The third kappa shape index (κ3) is 3.32. The Kier molecular flexibility index (Phi) is 4.77. The van der Waals surface area contributed by atoms with Crippen molar-refractivity contribution in [3.63, 3.8) is 0 Å². The molecule has 1 aliphatic heterocycles. The summed E-state index contributed by atoms with van der Waals surface area (Å²) in [6.07, 6.45) is 0. The first kappa shape index (κ1) is 18.7. The van der Waals surface area contributed by atoms with Gasteiger partial charge in [0, 0.05) is 0 Å². The highest BCUT2D eigenvalue weighted by Crippen LogP contribution is 2.23. The molecule has 10 heteroatoms. The molecule has 140 valence electrons. The van der Waals surface area contributed by atoms with Crippen molar-refractivity contribution < 1.29 is 31.9 Å². The van der Waals surface area contributed by atoms with Crippen LogP contribution in [0.2, 0.25) is 0 Å². The molecular weight excluding hydrogens is 379 g/mol. The molecule has 0 unspecified atom stereocenters. The van der Waals surface area contributed by atoms with E-state index in [1.165, 1.54) is 19.2 Å². The molecule has 0 spiro atoms. The fraction of sp³-hybridized carbons (Fsp3) is 0.118. The molecule has 27 heavy (non-hydrogen) atoms. The van der Waals surface area contributed by atoms with Crippen molar-refractivity contribution >= 4 is 27.8 Å². The van der Waals surface area contributed by atoms with Crippen LogP contribution < -0.4 is 4.72 Å². The van der Waals surface area contributed by atoms with Gasteiger partial charge in [0.25, 0.3) is 11.8 Å². The Labute approximate surface area is 153 Å². The Morgan fingerprint density at radius 1 is 1.11 bits per heavy atom. The van der Waals surface area contributed by atoms with Gasteiger partial charge in [0.2, 0.25) is 10.0 Å². The van der Waals surface area contributed by atoms with Gasteiger partial charge >= 0.3 is 5.97 Å². The van der Waals surface area contributed by atoms with Gasteiger partial charge in [0.1, 0.15) is 5.82 Å². The molecule has 0 aliphatic carbocycles. The molecule has 0 fully saturated rings. The van der Waals surface area contributed by atoms with Gasteiger partial charge in [-0.1, -0.05) is 12.1 Å². The van der Waals surface area contributed by atoms with Gasteiger partial charge in [-0.25, -0.2) is 27.2 Å². The van der Waals surface area contributed by atoms with Crippen LogP contribution in [0.4, 0.5) is 4.39 Å². The molecule has 0 saturated heterocycles. The maximum atomic E-state index is 13.9. The van der Waals surface area contributed by atoms with Crippen molar-refractivity contribution in [2.75, 3.05) is 13.8 Å². The third-order valence-corrected chi connectivity index (χ3v) is 5.35. The lowest BCUT2D eigenvalue weighted by molar-refractivity contribution is 0.0225. The van der Waals surface area contributed by atoms with E-state index in [0.717, 1.165) is 18.2 Å². The first-order valence-corrected chi connectivity index (χ1v) is 9.10. The average molecular weight is 392 g/mol. The largest absolute Gasteiger partial charge is 0.440 e. The Bertz CT molecular complexity index is 1030. The van der Waals surface area contributed by atoms with Crippen LogP contribution in [-0.4, -0.2) is 44.9 Å². The monoisotopic (exact) mass is 392 g/mol. The molecule has 0 saturated carbocycles. The number of amides is 2. The SMILES string of the molecule is CNS(=O)(=O)c1ccc(F)c(C(=O)OCN2C(=O)c3ccccc3C2=O)c1. The summed E-state index contributed by atoms with van der Waals surface area (Å²) in [5.41, 5.74) is -0.290. The number of fused-ring (bicyclic) bond motifs is 1. The number of benzene rings is 2. The molecule has 1 heterocycles. The molecule has 3 rings (SSSR count). The quantitative estimate of drug-likeness (QED) is 0.604. The number of carbonyl (C=O) groups excluding carboxylic acids is 3. The fourth-order valence-corrected chi connectivity index (χ4v) is 3.26. The molecule has 0 radical (unpaired) electrons. The number of rotatable bonds is 5. The minimum atomic E-state index is -3.90. The predicted molar refractivity (Wildman–Crippen MR) is 89.9 cm³/mol. The van der Waals surface area contributed by atoms with E-state index in [2.05, 4.69) is 0 Å². The molecule has 1 aliphatic rings. The summed E-state index contributed by atoms with van der Waals surface area (Å²) < 4.78 is 44.4. The van der Waals surface area contributed by atoms with E-state index >= 15 is 0 Å². The number of nitrogens with zero attached hydrogens (tertiary/aromatic N) is 1. The van der Waals surface area contributed by atoms with E-state index in [1.807, 2.05) is 4.72 Å². The Morgan fingerprint density at radius 2 is 1.70 bits per heavy atom. The Balaban J connectivity index is 1.79. The van der Waals surface area contributed by atoms with Crippen LogP contribution in [0.3, 0.4) is 0 Å². The molecule has 2 amide bonds. The number of imide groups is 1. The summed E-state index contributed by atoms with van der Waals surface area (Å²) in [6.45, 7) is -0.729. The van der Waals surface area contributed by atoms with E-state index < -0.39 is 45.9 Å². The van der Waals surface area contributed by atoms with Crippen LogP contribution in [0.15, 0.2) is 47.4 Å². The highest BCUT2D eigenvalue weighted by atomic mass is 32.2. The van der Waals surface area contributed by atoms with Crippen LogP contribution in [0.25, 0.3) is 0 Å². The number of ether oxygens (including phenoxy) is 1. The van der Waals surface area contributed by atoms with Gasteiger partial charge in [-0.2, -0.15) is 0 Å². The maximum absolute atomic E-state index is 13.9. The molecule has 1 N–H and O–H groups in total. The van der Waals surface area contributed by atoms with E-state index in [9.17, 15) is 27.2 Å². The summed E-state index contributed by atoms with van der Waals surface area (Å²) >= 11 is 0. The zero-order valence-corrected chi connectivity index (χ0v) is 14.7. The molecule has 0 bridgehead atoms. The van der Waals surface area contributed by atoms with Crippen molar-refractivity contribution in [2.24, 2.45) is 0 Å². The number of hydrogen-bond acceptors (Lipinski definition) is 6. The van der Waals surface area contributed by atoms with E-state index in [-0.39, 0.29) is 16.0 Å². The van der Waals surface area contributed by atoms with Crippen molar-refractivity contribution in [3.8, 4) is 0 Å². The van der Waals surface area contributed by atoms with Gasteiger partial charge in [0.15, 0.2) is 6.73 Å². The minimum absolute atomic E-state index is 0.173. The van der Waals surface area contributed by atoms with Crippen LogP contribution in [-0.2, 0) is 14.8 Å². The van der Waals surface area contributed by atoms with Crippen LogP contribution in [0.5, 0.6) is 0 Å². The lowest BCUT2D eigenvalue weighted by Gasteiger charge is -2.14. The van der Waals surface area contributed by atoms with Crippen LogP contribution in [0.1, 0.15) is 31.1 Å². The molecular formula is C17H13FN2O6S. The summed E-state index contributed by atoms with van der Waals surface area (Å²) in [4.78, 5) is 36.9. The lowest BCUT2D eigenvalue weighted by atomic mass is 10.1. The van der Waals surface area contributed by atoms with Gasteiger partial charge in [-0.3, -0.25) is 9.59 Å². The second-order valence-electron chi connectivity index (χ2n) is 5.49. The second-order valence-corrected chi connectivity index (χ2v) is 7.38. The number of carbonyl (C=O) groups is 3. The van der Waals surface area contributed by atoms with Crippen molar-refractivity contribution in [1.82, 2.24) is 9.62 Å². The summed E-state index contributed by atoms with van der Waals surface area (Å²) in [7, 11) is -2.73. The second kappa shape index (κ2) is 6.89. The zero-order chi connectivity index (χ0) is 19.8. The average Bonchev–Trinajstić information content (AvgIpc) is 2.91. The zero-order valence-electron chi connectivity index (χ0n) is 13.9. The van der Waals surface area contributed by atoms with Crippen LogP contribution >= 0.6 is 0 Å². The van der Waals surface area contributed by atoms with Gasteiger partial charge in [0.05, 0.1) is 21.6 Å². The van der Waals surface area contributed by atoms with Crippen molar-refractivity contribution in [1.29, 1.82) is 0 Å². The number of esters is 1. The van der Waals surface area contributed by atoms with Gasteiger partial charge in [-0.15, -0.1) is 0 Å². The Hall–Kier alpha value is -3.11. The van der Waals surface area contributed by atoms with E-state index in [4.69, 9.17) is 4.74 Å². The first-order valence-electron chi connectivity index (χ1n) is 7.61. The fourth-order valence-electron chi connectivity index (χ4n) is 2.50. The smallest absolute Gasteiger partial charge is 0.342 e. The van der Waals surface area contributed by atoms with E-state index in [1.54, 1.807) is 12.1 Å². The molecule has 0 atom stereocenters. The highest BCUT2D eigenvalue weighted by molar-refractivity contribution is 7.89. The molecule has 0 aromatic heterocycles. The van der Waals surface area contributed by atoms with Crippen molar-refractivity contribution in [2.45, 2.75) is 4.90 Å². The summed E-state index contributed by atoms with van der Waals surface area (Å²) in [5, 5.41) is 0. The Morgan fingerprint density at radius 3 is 2.26 bits per heavy atom. The molecule has 2 aromatic carbocycles. The number of sulfonamides is 1. The normalized spacial score (nSPS) is 13.6. The lowest BCUT2D eigenvalue weighted by Crippen LogP contribution is -2.33. The maximum Gasteiger partial charge on any atom is 0.342 e. The number of nitrogens with one attached hydrogen (secondary N) is 1. The molecule has 8 nitrogen and oxygen atoms in total. The molecule has 2 aromatic rings. The van der Waals surface area contributed by atoms with Gasteiger partial charge in [-0.05, 0) is 37.4 Å². The van der Waals surface area contributed by atoms with Crippen LogP contribution in [0, 0.1) is 5.82 Å². The summed E-state index contributed by atoms with van der Waals surface area (Å²) in [5.74, 6) is -3.50. The topological polar surface area (TPSA) is 110 Å². The first-order chi connectivity index (χ1) is 12.8. The predicted octanol–water partition coefficient (Wildman–Crippen LogP) is 1.14. The minimum Gasteiger partial charge on any atom is -0.440 e. The summed E-state index contributed by atoms with van der Waals surface area (Å²) in [6, 6.07) is 8.70. The van der Waals surface area contributed by atoms with Gasteiger partial charge < -0.3 is 4.74 Å². The standard InChI is InChI=1S/C17H13FN2O6S/c1-19-27(24,25)10-6-7-14(18)13(8-10)17(23)26-9-20-15(21)11-4-2-3-5-12(11)16(20)22/h2-8,19H,9H2,1H3. The van der Waals surface area contributed by atoms with Crippen molar-refractivity contribution in [3.05, 3.63) is 65.0 Å². The number of halogens is 1. The highest BCUT2D eigenvalue weighted by Gasteiger charge is 2.36. The van der Waals surface area contributed by atoms with E-state index in [0.29, 0.717) is 4.90 Å².